The highest BCUT2D eigenvalue weighted by Gasteiger charge is 2.13. The van der Waals surface area contributed by atoms with E-state index in [4.69, 9.17) is 4.52 Å². The topological polar surface area (TPSA) is 70.7 Å². The molecule has 1 N–H and O–H groups in total. The molecule has 0 atom stereocenters. The van der Waals surface area contributed by atoms with Crippen molar-refractivity contribution in [3.8, 4) is 11.3 Å². The second kappa shape index (κ2) is 5.58. The Morgan fingerprint density at radius 2 is 1.81 bits per heavy atom. The molecule has 1 heterocycles. The fraction of sp³-hybridized carbons (Fsp3) is 0.0625. The molecule has 0 spiro atoms. The predicted molar refractivity (Wildman–Crippen MR) is 80.1 cm³/mol. The molecule has 21 heavy (non-hydrogen) atoms. The Kier molecular flexibility index (Phi) is 3.47. The normalized spacial score (nSPS) is 11.1. The summed E-state index contributed by atoms with van der Waals surface area (Å²) in [6, 6.07) is 17.0. The van der Waals surface area contributed by atoms with Gasteiger partial charge in [-0.05, 0) is 24.6 Å². The molecule has 0 unspecified atom stereocenters. The van der Waals surface area contributed by atoms with Crippen molar-refractivity contribution in [1.29, 1.82) is 0 Å². The number of benzene rings is 2. The summed E-state index contributed by atoms with van der Waals surface area (Å²) in [5.74, 6) is 0. The number of rotatable bonds is 3. The van der Waals surface area contributed by atoms with Crippen LogP contribution < -0.4 is 5.63 Å². The second-order valence-corrected chi connectivity index (χ2v) is 4.62. The van der Waals surface area contributed by atoms with Crippen LogP contribution in [0.3, 0.4) is 0 Å². The van der Waals surface area contributed by atoms with Crippen molar-refractivity contribution in [3.63, 3.8) is 0 Å². The van der Waals surface area contributed by atoms with E-state index in [1.807, 2.05) is 61.5 Å². The largest absolute Gasteiger partial charge is 0.385 e. The zero-order valence-electron chi connectivity index (χ0n) is 11.4. The zero-order chi connectivity index (χ0) is 14.7. The van der Waals surface area contributed by atoms with E-state index in [2.05, 4.69) is 15.4 Å². The molecule has 1 aromatic heterocycles. The minimum Gasteiger partial charge on any atom is -0.336 e. The molecule has 0 radical (unpaired) electrons. The summed E-state index contributed by atoms with van der Waals surface area (Å²) in [5, 5.41) is 10.7. The second-order valence-electron chi connectivity index (χ2n) is 4.62. The van der Waals surface area contributed by atoms with E-state index in [1.165, 1.54) is 0 Å². The average molecular weight is 279 g/mol. The summed E-state index contributed by atoms with van der Waals surface area (Å²) in [6.07, 6.45) is 0. The lowest BCUT2D eigenvalue weighted by molar-refractivity contribution is 0.394. The highest BCUT2D eigenvalue weighted by Crippen LogP contribution is 2.26. The fourth-order valence-electron chi connectivity index (χ4n) is 1.99. The third-order valence-corrected chi connectivity index (χ3v) is 3.01. The van der Waals surface area contributed by atoms with E-state index in [0.717, 1.165) is 11.1 Å². The molecule has 0 fully saturated rings. The number of H-pyrrole nitrogens is 1. The summed E-state index contributed by atoms with van der Waals surface area (Å²) >= 11 is 0. The quantitative estimate of drug-likeness (QED) is 0.723. The molecule has 5 nitrogen and oxygen atoms in total. The molecular weight excluding hydrogens is 266 g/mol. The first-order valence-corrected chi connectivity index (χ1v) is 6.49. The molecular formula is C16H13N3O2. The Bertz CT molecular complexity index is 832. The van der Waals surface area contributed by atoms with E-state index in [0.29, 0.717) is 11.4 Å². The van der Waals surface area contributed by atoms with Crippen LogP contribution in [0.1, 0.15) is 5.56 Å². The van der Waals surface area contributed by atoms with Crippen LogP contribution in [-0.2, 0) is 0 Å². The van der Waals surface area contributed by atoms with Crippen LogP contribution in [0.15, 0.2) is 74.1 Å². The van der Waals surface area contributed by atoms with E-state index in [-0.39, 0.29) is 5.69 Å². The lowest BCUT2D eigenvalue weighted by atomic mass is 10.1. The van der Waals surface area contributed by atoms with E-state index in [9.17, 15) is 4.79 Å². The van der Waals surface area contributed by atoms with Gasteiger partial charge in [-0.15, -0.1) is 5.11 Å². The molecule has 0 saturated heterocycles. The standard InChI is InChI=1S/C16H13N3O2/c1-11-6-5-9-13(10-11)17-18-15-14(19-21-16(15)20)12-7-3-2-4-8-12/h2-10,19H,1H3. The van der Waals surface area contributed by atoms with Crippen molar-refractivity contribution in [2.75, 3.05) is 0 Å². The molecule has 0 amide bonds. The maximum atomic E-state index is 11.7. The van der Waals surface area contributed by atoms with E-state index < -0.39 is 5.63 Å². The van der Waals surface area contributed by atoms with Crippen molar-refractivity contribution in [1.82, 2.24) is 5.16 Å². The number of hydrogen-bond acceptors (Lipinski definition) is 4. The highest BCUT2D eigenvalue weighted by atomic mass is 16.5. The summed E-state index contributed by atoms with van der Waals surface area (Å²) in [7, 11) is 0. The number of aryl methyl sites for hydroxylation is 1. The third kappa shape index (κ3) is 2.81. The van der Waals surface area contributed by atoms with Gasteiger partial charge in [-0.1, -0.05) is 42.5 Å². The van der Waals surface area contributed by atoms with Crippen molar-refractivity contribution < 1.29 is 4.52 Å². The van der Waals surface area contributed by atoms with Crippen LogP contribution in [-0.4, -0.2) is 5.16 Å². The van der Waals surface area contributed by atoms with Crippen molar-refractivity contribution >= 4 is 11.4 Å². The van der Waals surface area contributed by atoms with Crippen LogP contribution in [0, 0.1) is 6.92 Å². The smallest absolute Gasteiger partial charge is 0.336 e. The van der Waals surface area contributed by atoms with Crippen LogP contribution in [0.25, 0.3) is 11.3 Å². The van der Waals surface area contributed by atoms with Gasteiger partial charge < -0.3 is 4.52 Å². The minimum absolute atomic E-state index is 0.169. The van der Waals surface area contributed by atoms with Gasteiger partial charge in [-0.25, -0.2) is 9.95 Å². The van der Waals surface area contributed by atoms with Crippen LogP contribution >= 0.6 is 0 Å². The average Bonchev–Trinajstić information content (AvgIpc) is 2.87. The number of nitrogens with zero attached hydrogens (tertiary/aromatic N) is 2. The summed E-state index contributed by atoms with van der Waals surface area (Å²) in [4.78, 5) is 11.7. The Morgan fingerprint density at radius 1 is 1.00 bits per heavy atom. The van der Waals surface area contributed by atoms with Crippen LogP contribution in [0.4, 0.5) is 11.4 Å². The van der Waals surface area contributed by atoms with Gasteiger partial charge in [-0.3, -0.25) is 0 Å². The Balaban J connectivity index is 2.00. The Labute approximate surface area is 120 Å². The molecule has 5 heteroatoms. The molecule has 0 aliphatic rings. The van der Waals surface area contributed by atoms with Gasteiger partial charge in [0.2, 0.25) is 0 Å². The number of nitrogens with one attached hydrogen (secondary N) is 1. The molecule has 2 aromatic carbocycles. The van der Waals surface area contributed by atoms with E-state index >= 15 is 0 Å². The molecule has 0 saturated carbocycles. The van der Waals surface area contributed by atoms with Gasteiger partial charge in [0.25, 0.3) is 0 Å². The predicted octanol–water partition coefficient (Wildman–Crippen LogP) is 4.36. The van der Waals surface area contributed by atoms with Gasteiger partial charge >= 0.3 is 5.63 Å². The first-order valence-electron chi connectivity index (χ1n) is 6.49. The first kappa shape index (κ1) is 13.1. The summed E-state index contributed by atoms with van der Waals surface area (Å²) < 4.78 is 4.83. The SMILES string of the molecule is Cc1cccc(N=Nc2c(-c3ccccc3)[nH]oc2=O)c1. The summed E-state index contributed by atoms with van der Waals surface area (Å²) in [5.41, 5.74) is 2.75. The Morgan fingerprint density at radius 3 is 2.57 bits per heavy atom. The van der Waals surface area contributed by atoms with Crippen LogP contribution in [0.2, 0.25) is 0 Å². The van der Waals surface area contributed by atoms with Crippen molar-refractivity contribution in [3.05, 3.63) is 70.6 Å². The first-order chi connectivity index (χ1) is 10.2. The molecule has 0 aliphatic heterocycles. The molecule has 0 bridgehead atoms. The monoisotopic (exact) mass is 279 g/mol. The molecule has 3 rings (SSSR count). The van der Waals surface area contributed by atoms with Gasteiger partial charge in [0.05, 0.1) is 5.69 Å². The maximum absolute atomic E-state index is 11.7. The van der Waals surface area contributed by atoms with Crippen LogP contribution in [0.5, 0.6) is 0 Å². The lowest BCUT2D eigenvalue weighted by Gasteiger charge is -1.97. The lowest BCUT2D eigenvalue weighted by Crippen LogP contribution is -1.90. The third-order valence-electron chi connectivity index (χ3n) is 3.01. The summed E-state index contributed by atoms with van der Waals surface area (Å²) in [6.45, 7) is 1.97. The maximum Gasteiger partial charge on any atom is 0.385 e. The highest BCUT2D eigenvalue weighted by molar-refractivity contribution is 5.70. The van der Waals surface area contributed by atoms with Gasteiger partial charge in [0.15, 0.2) is 5.69 Å². The number of hydrogen-bond donors (Lipinski definition) is 1. The Hall–Kier alpha value is -2.95. The molecule has 3 aromatic rings. The fourth-order valence-corrected chi connectivity index (χ4v) is 1.99. The number of azo groups is 1. The zero-order valence-corrected chi connectivity index (χ0v) is 11.4. The molecule has 104 valence electrons. The minimum atomic E-state index is -0.537. The van der Waals surface area contributed by atoms with Gasteiger partial charge in [0.1, 0.15) is 5.69 Å². The van der Waals surface area contributed by atoms with Crippen molar-refractivity contribution in [2.45, 2.75) is 6.92 Å². The molecule has 0 aliphatic carbocycles. The van der Waals surface area contributed by atoms with E-state index in [1.54, 1.807) is 0 Å². The van der Waals surface area contributed by atoms with Gasteiger partial charge in [-0.2, -0.15) is 5.11 Å². The van der Waals surface area contributed by atoms with Crippen molar-refractivity contribution in [2.24, 2.45) is 10.2 Å². The number of aromatic amines is 1. The van der Waals surface area contributed by atoms with Gasteiger partial charge in [0, 0.05) is 5.56 Å². The number of aromatic nitrogens is 1.